The summed E-state index contributed by atoms with van der Waals surface area (Å²) in [5.41, 5.74) is -4.53. The molecule has 3 aromatic rings. The summed E-state index contributed by atoms with van der Waals surface area (Å²) in [6.45, 7) is 14.5. The van der Waals surface area contributed by atoms with Gasteiger partial charge in [0.05, 0.1) is 5.57 Å². The van der Waals surface area contributed by atoms with Crippen LogP contribution in [0, 0.1) is 35.8 Å². The van der Waals surface area contributed by atoms with Crippen LogP contribution in [0.5, 0.6) is 0 Å². The molecule has 0 spiro atoms. The molecule has 0 heterocycles. The summed E-state index contributed by atoms with van der Waals surface area (Å²) in [5.74, 6) is -3.55. The van der Waals surface area contributed by atoms with E-state index >= 15 is 8.78 Å². The van der Waals surface area contributed by atoms with Gasteiger partial charge in [0.2, 0.25) is 0 Å². The number of hydrogen-bond donors (Lipinski definition) is 0. The number of hydrogen-bond acceptors (Lipinski definition) is 2. The van der Waals surface area contributed by atoms with Crippen molar-refractivity contribution in [1.29, 1.82) is 10.5 Å². The number of rotatable bonds is 4. The first-order valence-corrected chi connectivity index (χ1v) is 16.6. The van der Waals surface area contributed by atoms with E-state index in [0.717, 1.165) is 0 Å². The highest BCUT2D eigenvalue weighted by Crippen LogP contribution is 3.02. The zero-order valence-corrected chi connectivity index (χ0v) is 24.8. The highest BCUT2D eigenvalue weighted by atomic mass is 32.5. The fraction of sp³-hybridized carbons (Fsp3) is 0.0667. The van der Waals surface area contributed by atoms with Gasteiger partial charge in [0, 0.05) is 28.9 Å². The van der Waals surface area contributed by atoms with Gasteiger partial charge in [-0.1, -0.05) is 63.1 Å². The Morgan fingerprint density at radius 3 is 1.23 bits per heavy atom. The van der Waals surface area contributed by atoms with Gasteiger partial charge in [-0.15, -0.1) is 0 Å². The summed E-state index contributed by atoms with van der Waals surface area (Å²) in [6.07, 6.45) is -1.48. The second kappa shape index (κ2) is 9.19. The molecule has 0 aromatic heterocycles. The van der Waals surface area contributed by atoms with Crippen LogP contribution in [-0.4, -0.2) is 0 Å². The summed E-state index contributed by atoms with van der Waals surface area (Å²) < 4.78 is 168. The second-order valence-corrected chi connectivity index (χ2v) is 15.3. The Morgan fingerprint density at radius 2 is 0.917 bits per heavy atom. The van der Waals surface area contributed by atoms with Crippen molar-refractivity contribution in [2.75, 3.05) is 0 Å². The average Bonchev–Trinajstić information content (AvgIpc) is 3.48. The predicted octanol–water partition coefficient (Wildman–Crippen LogP) is 11.0. The molecule has 2 aliphatic rings. The molecule has 0 amide bonds. The average molecular weight is 721 g/mol. The molecule has 248 valence electrons. The monoisotopic (exact) mass is 720 g/mol. The number of nitriles is 2. The maximum atomic E-state index is 16.3. The smallest absolute Gasteiger partial charge is 0.207 e. The quantitative estimate of drug-likeness (QED) is 0.153. The Hall–Kier alpha value is -5.30. The van der Waals surface area contributed by atoms with Crippen LogP contribution in [0.2, 0.25) is 0 Å². The minimum Gasteiger partial charge on any atom is -0.207 e. The van der Waals surface area contributed by atoms with Gasteiger partial charge in [0.25, 0.3) is 0 Å². The second-order valence-electron chi connectivity index (χ2n) is 10.5. The molecule has 5 rings (SSSR count). The lowest BCUT2D eigenvalue weighted by Gasteiger charge is -2.40. The van der Waals surface area contributed by atoms with Gasteiger partial charge in [0.1, 0.15) is 52.3 Å². The third-order valence-corrected chi connectivity index (χ3v) is 9.89. The minimum atomic E-state index is -10.2. The Kier molecular flexibility index (Phi) is 6.52. The first-order chi connectivity index (χ1) is 21.7. The van der Waals surface area contributed by atoms with Crippen LogP contribution in [0.15, 0.2) is 80.9 Å². The summed E-state index contributed by atoms with van der Waals surface area (Å²) >= 11 is 0. The van der Waals surface area contributed by atoms with E-state index in [0.29, 0.717) is 24.3 Å². The third kappa shape index (κ3) is 5.63. The Balaban J connectivity index is 2.01. The van der Waals surface area contributed by atoms with Gasteiger partial charge in [-0.3, -0.25) is 0 Å². The van der Waals surface area contributed by atoms with Crippen molar-refractivity contribution < 1.29 is 47.6 Å². The summed E-state index contributed by atoms with van der Waals surface area (Å²) in [5, 5.41) is 17.7. The van der Waals surface area contributed by atoms with E-state index < -0.39 is 110 Å². The molecule has 0 N–H and O–H groups in total. The topological polar surface area (TPSA) is 56.3 Å². The molecule has 4 nitrogen and oxygen atoms in total. The van der Waals surface area contributed by atoms with Crippen LogP contribution < -0.4 is 10.4 Å². The Bertz CT molecular complexity index is 2180. The van der Waals surface area contributed by atoms with E-state index in [4.69, 9.17) is 13.1 Å². The highest BCUT2D eigenvalue weighted by Gasteiger charge is 2.66. The van der Waals surface area contributed by atoms with Crippen LogP contribution in [-0.2, 0) is 12.8 Å². The molecule has 0 saturated heterocycles. The van der Waals surface area contributed by atoms with Crippen LogP contribution in [0.3, 0.4) is 0 Å². The SMILES string of the molecule is [C-]#[N+]C([N+]#[C-])=C1Cc2c(-c3ccc(S(F)(F)(F)(F)F)cc3)c3c(c(-c4ccc(S(F)(F)(F)(F)F)cc4)c2=C1F)CC(=C(C#N)C#N)C=3F. The molecule has 2 aliphatic carbocycles. The first kappa shape index (κ1) is 34.0. The largest absolute Gasteiger partial charge is 0.525 e. The Labute approximate surface area is 262 Å². The van der Waals surface area contributed by atoms with Crippen LogP contribution in [0.25, 0.3) is 43.6 Å². The fourth-order valence-electron chi connectivity index (χ4n) is 5.59. The molecule has 0 radical (unpaired) electrons. The standard InChI is InChI=1S/C30H12F12N4S2/c1-45-30(46-2)23-12-22-25(16-5-9-19(10-6-16)48(38,39,40,41)42)26-21(11-20(28(26)31)17(13-43)14-44)24(27(22)29(23)32)15-3-7-18(8-4-15)47(33,34,35,36)37/h3-10H,11-12H2. The molecule has 48 heavy (non-hydrogen) atoms. The van der Waals surface area contributed by atoms with E-state index in [-0.39, 0.29) is 35.4 Å². The van der Waals surface area contributed by atoms with E-state index in [1.807, 2.05) is 0 Å². The molecule has 3 aromatic carbocycles. The van der Waals surface area contributed by atoms with E-state index in [1.165, 1.54) is 12.1 Å². The van der Waals surface area contributed by atoms with E-state index in [2.05, 4.69) is 9.69 Å². The Morgan fingerprint density at radius 1 is 0.583 bits per heavy atom. The molecule has 0 unspecified atom stereocenters. The zero-order chi connectivity index (χ0) is 36.0. The van der Waals surface area contributed by atoms with Crippen LogP contribution >= 0.6 is 20.4 Å². The van der Waals surface area contributed by atoms with Gasteiger partial charge >= 0.3 is 26.3 Å². The van der Waals surface area contributed by atoms with Crippen molar-refractivity contribution in [3.63, 3.8) is 0 Å². The fourth-order valence-corrected chi connectivity index (χ4v) is 6.89. The van der Waals surface area contributed by atoms with Gasteiger partial charge in [-0.05, 0) is 57.6 Å². The van der Waals surface area contributed by atoms with E-state index in [1.54, 1.807) is 0 Å². The lowest BCUT2D eigenvalue weighted by molar-refractivity contribution is 0.360. The molecular formula is C30H12F12N4S2. The maximum Gasteiger partial charge on any atom is 0.525 e. The summed E-state index contributed by atoms with van der Waals surface area (Å²) in [7, 11) is -20.5. The van der Waals surface area contributed by atoms with Crippen LogP contribution in [0.1, 0.15) is 11.1 Å². The van der Waals surface area contributed by atoms with Crippen molar-refractivity contribution in [3.8, 4) is 34.4 Å². The molecular weight excluding hydrogens is 708 g/mol. The normalized spacial score (nSPS) is 17.0. The number of halogens is 12. The molecule has 18 heteroatoms. The lowest BCUT2D eigenvalue weighted by Crippen LogP contribution is -2.24. The number of benzene rings is 3. The summed E-state index contributed by atoms with van der Waals surface area (Å²) in [6, 6.07) is 4.88. The molecule has 0 fully saturated rings. The predicted molar refractivity (Wildman–Crippen MR) is 154 cm³/mol. The van der Waals surface area contributed by atoms with Crippen molar-refractivity contribution >= 4 is 32.1 Å². The van der Waals surface area contributed by atoms with Gasteiger partial charge < -0.3 is 0 Å². The maximum absolute atomic E-state index is 16.3. The highest BCUT2D eigenvalue weighted by molar-refractivity contribution is 8.46. The number of allylic oxidation sites excluding steroid dienone is 3. The van der Waals surface area contributed by atoms with Crippen molar-refractivity contribution in [1.82, 2.24) is 0 Å². The van der Waals surface area contributed by atoms with Crippen molar-refractivity contribution in [3.05, 3.63) is 115 Å². The van der Waals surface area contributed by atoms with Gasteiger partial charge in [-0.25, -0.2) is 8.78 Å². The van der Waals surface area contributed by atoms with Crippen molar-refractivity contribution in [2.45, 2.75) is 22.6 Å². The lowest BCUT2D eigenvalue weighted by atomic mass is 9.87. The van der Waals surface area contributed by atoms with Gasteiger partial charge in [-0.2, -0.15) is 20.2 Å². The molecule has 0 aliphatic heterocycles. The number of fused-ring (bicyclic) bond motifs is 2. The minimum absolute atomic E-state index is 0.0165. The molecule has 0 atom stereocenters. The van der Waals surface area contributed by atoms with Crippen LogP contribution in [0.4, 0.5) is 47.6 Å². The molecule has 0 bridgehead atoms. The molecule has 0 saturated carbocycles. The third-order valence-electron chi connectivity index (χ3n) is 7.57. The zero-order valence-electron chi connectivity index (χ0n) is 23.2. The van der Waals surface area contributed by atoms with Gasteiger partial charge in [0.15, 0.2) is 0 Å². The summed E-state index contributed by atoms with van der Waals surface area (Å²) in [4.78, 5) is 1.19. The van der Waals surface area contributed by atoms with E-state index in [9.17, 15) is 49.4 Å². The number of nitrogens with zero attached hydrogens (tertiary/aromatic N) is 4. The first-order valence-electron chi connectivity index (χ1n) is 12.7. The van der Waals surface area contributed by atoms with Crippen molar-refractivity contribution in [2.24, 2.45) is 0 Å².